The maximum Gasteiger partial charge on any atom is 2.00 e. The van der Waals surface area contributed by atoms with Crippen molar-refractivity contribution in [2.45, 2.75) is 25.2 Å². The maximum atomic E-state index is 9.97. The molecular formula is C19H17FeNO5S. The largest absolute Gasteiger partial charge is 2.00 e. The molecule has 0 unspecified atom stereocenters. The van der Waals surface area contributed by atoms with Gasteiger partial charge in [-0.2, -0.15) is 4.90 Å². The van der Waals surface area contributed by atoms with Gasteiger partial charge in [0, 0.05) is 11.8 Å². The molecule has 8 heteroatoms. The molecule has 0 amide bonds. The molecule has 0 spiro atoms. The molecule has 0 aliphatic rings. The second-order valence-corrected chi connectivity index (χ2v) is 4.62. The molecule has 1 aromatic carbocycles. The minimum Gasteiger partial charge on any atom is 2.00 e. The van der Waals surface area contributed by atoms with Crippen LogP contribution in [0.3, 0.4) is 0 Å². The number of pyridine rings is 1. The summed E-state index contributed by atoms with van der Waals surface area (Å²) in [6.07, 6.45) is 1.99. The zero-order chi connectivity index (χ0) is 21.0. The van der Waals surface area contributed by atoms with Crippen LogP contribution >= 0.6 is 0 Å². The molecular weight excluding hydrogens is 410 g/mol. The monoisotopic (exact) mass is 427 g/mol. The summed E-state index contributed by atoms with van der Waals surface area (Å²) in [4.78, 5) is 15.0. The fourth-order valence-corrected chi connectivity index (χ4v) is 1.68. The molecule has 1 heterocycles. The van der Waals surface area contributed by atoms with Gasteiger partial charge in [-0.05, 0) is 19.9 Å². The van der Waals surface area contributed by atoms with Gasteiger partial charge in [-0.25, -0.2) is 4.98 Å². The van der Waals surface area contributed by atoms with E-state index in [0.29, 0.717) is 11.6 Å². The molecule has 0 radical (unpaired) electrons. The number of aryl methyl sites for hydroxylation is 2. The van der Waals surface area contributed by atoms with Gasteiger partial charge in [0.05, 0.1) is 7.11 Å². The van der Waals surface area contributed by atoms with E-state index < -0.39 is 0 Å². The summed E-state index contributed by atoms with van der Waals surface area (Å²) in [7, 11) is 1.54. The Labute approximate surface area is 175 Å². The van der Waals surface area contributed by atoms with Crippen LogP contribution in [0.15, 0.2) is 41.3 Å². The van der Waals surface area contributed by atoms with Crippen molar-refractivity contribution in [3.63, 3.8) is 0 Å². The zero-order valence-electron chi connectivity index (χ0n) is 14.9. The molecule has 2 rings (SSSR count). The van der Waals surface area contributed by atoms with Crippen molar-refractivity contribution in [1.29, 1.82) is 0 Å². The van der Waals surface area contributed by atoms with E-state index in [1.165, 1.54) is 18.2 Å². The van der Waals surface area contributed by atoms with E-state index in [1.54, 1.807) is 24.5 Å². The molecule has 2 aromatic rings. The summed E-state index contributed by atoms with van der Waals surface area (Å²) >= 11 is 5.09. The van der Waals surface area contributed by atoms with Crippen molar-refractivity contribution in [3.8, 4) is 5.88 Å². The average Bonchev–Trinajstić information content (AvgIpc) is 2.71. The van der Waals surface area contributed by atoms with Crippen molar-refractivity contribution >= 4 is 18.9 Å². The Balaban J connectivity index is -0.000000150. The Bertz CT molecular complexity index is 667. The van der Waals surface area contributed by atoms with Gasteiger partial charge in [-0.1, -0.05) is 35.4 Å². The smallest absolute Gasteiger partial charge is 2.00 e. The molecule has 6 nitrogen and oxygen atoms in total. The molecule has 0 saturated heterocycles. The first-order valence-electron chi connectivity index (χ1n) is 6.78. The van der Waals surface area contributed by atoms with Gasteiger partial charge in [-0.15, -0.1) is 6.42 Å². The first-order valence-corrected chi connectivity index (χ1v) is 7.18. The molecule has 0 bridgehead atoms. The van der Waals surface area contributed by atoms with Crippen LogP contribution in [-0.2, 0) is 54.9 Å². The summed E-state index contributed by atoms with van der Waals surface area (Å²) in [6, 6.07) is 11.4. The average molecular weight is 427 g/mol. The third kappa shape index (κ3) is 15.7. The zero-order valence-corrected chi connectivity index (χ0v) is 16.8. The quantitative estimate of drug-likeness (QED) is 0.326. The molecule has 27 heavy (non-hydrogen) atoms. The molecule has 0 N–H and O–H groups in total. The van der Waals surface area contributed by atoms with Crippen molar-refractivity contribution in [3.05, 3.63) is 73.2 Å². The van der Waals surface area contributed by atoms with E-state index in [1.807, 2.05) is 32.0 Å². The summed E-state index contributed by atoms with van der Waals surface area (Å²) in [6.45, 7) is 17.6. The normalized spacial score (nSPS) is 7.15. The Morgan fingerprint density at radius 2 is 1.44 bits per heavy atom. The van der Waals surface area contributed by atoms with Gasteiger partial charge in [-0.3, -0.25) is 6.29 Å². The predicted molar refractivity (Wildman–Crippen MR) is 93.5 cm³/mol. The van der Waals surface area contributed by atoms with Gasteiger partial charge in [0.2, 0.25) is 5.88 Å². The minimum absolute atomic E-state index is 0. The fraction of sp³-hybridized carbons (Fsp3) is 0.211. The van der Waals surface area contributed by atoms with Gasteiger partial charge in [0.25, 0.3) is 0 Å². The van der Waals surface area contributed by atoms with E-state index >= 15 is 0 Å². The van der Waals surface area contributed by atoms with Crippen LogP contribution in [-0.4, -0.2) is 18.4 Å². The van der Waals surface area contributed by atoms with Crippen molar-refractivity contribution in [2.24, 2.45) is 0 Å². The minimum atomic E-state index is 0. The number of hydrogen-bond donors (Lipinski definition) is 0. The second kappa shape index (κ2) is 23.8. The summed E-state index contributed by atoms with van der Waals surface area (Å²) < 4.78 is 27.4. The number of aromatic nitrogens is 1. The summed E-state index contributed by atoms with van der Waals surface area (Å²) in [5, 5.41) is 0. The first kappa shape index (κ1) is 32.5. The van der Waals surface area contributed by atoms with Crippen LogP contribution in [0.2, 0.25) is 0 Å². The first-order chi connectivity index (χ1) is 12.6. The standard InChI is InChI=1S/C8H8NO2.C8H10S.3CO.Fe/c1-11-8-4-2-3-7(9-8)5-6-10;1-6-4-3-5-7(2)8(6)9;3*1-2;/h2-4H,5H2,1H3;3-5,9H,1-2H3;;;;/q-1;;;;;+2/p-1. The van der Waals surface area contributed by atoms with Gasteiger partial charge in [0.15, 0.2) is 0 Å². The van der Waals surface area contributed by atoms with Crippen LogP contribution in [0.25, 0.3) is 0 Å². The van der Waals surface area contributed by atoms with E-state index in [4.69, 9.17) is 31.3 Å². The number of hydrogen-bond acceptors (Lipinski definition) is 4. The molecule has 0 aliphatic carbocycles. The fourth-order valence-electron chi connectivity index (χ4n) is 1.54. The van der Waals surface area contributed by atoms with Crippen molar-refractivity contribution < 1.29 is 40.6 Å². The van der Waals surface area contributed by atoms with Crippen molar-refractivity contribution in [2.75, 3.05) is 7.11 Å². The number of methoxy groups -OCH3 is 1. The van der Waals surface area contributed by atoms with Crippen LogP contribution in [0.5, 0.6) is 5.88 Å². The number of nitrogens with zero attached hydrogens (tertiary/aromatic N) is 1. The number of ether oxygens (including phenoxy) is 1. The van der Waals surface area contributed by atoms with Crippen LogP contribution in [0, 0.1) is 33.8 Å². The Morgan fingerprint density at radius 3 is 1.81 bits per heavy atom. The molecule has 142 valence electrons. The van der Waals surface area contributed by atoms with E-state index in [-0.39, 0.29) is 23.5 Å². The Hall–Kier alpha value is -2.20. The Morgan fingerprint density at radius 1 is 1.00 bits per heavy atom. The van der Waals surface area contributed by atoms with Gasteiger partial charge < -0.3 is 22.2 Å². The molecule has 0 aliphatic heterocycles. The van der Waals surface area contributed by atoms with Crippen LogP contribution < -0.4 is 4.74 Å². The molecule has 0 saturated carbocycles. The molecule has 0 atom stereocenters. The third-order valence-electron chi connectivity index (χ3n) is 2.65. The Kier molecular flexibility index (Phi) is 28.6. The van der Waals surface area contributed by atoms with E-state index in [0.717, 1.165) is 4.90 Å². The third-order valence-corrected chi connectivity index (χ3v) is 3.30. The van der Waals surface area contributed by atoms with E-state index in [9.17, 15) is 4.79 Å². The molecule has 1 aromatic heterocycles. The van der Waals surface area contributed by atoms with Crippen LogP contribution in [0.4, 0.5) is 0 Å². The number of benzene rings is 1. The number of carbonyl (C=O) groups excluding carboxylic acids is 1. The molecule has 0 fully saturated rings. The maximum absolute atomic E-state index is 9.97. The SMILES string of the molecule is COc1cccc(C[C-]=O)n1.Cc1cccc(C)c1[S-].[C-]#[O+].[C-]#[O+].[C-]#[O+].[Fe+2]. The second-order valence-electron chi connectivity index (χ2n) is 4.21. The summed E-state index contributed by atoms with van der Waals surface area (Å²) in [5.74, 6) is 0.526. The topological polar surface area (TPSA) is 98.9 Å². The van der Waals surface area contributed by atoms with Gasteiger partial charge in [0.1, 0.15) is 0 Å². The van der Waals surface area contributed by atoms with Crippen molar-refractivity contribution in [1.82, 2.24) is 4.98 Å². The predicted octanol–water partition coefficient (Wildman–Crippen LogP) is 2.84. The van der Waals surface area contributed by atoms with E-state index in [2.05, 4.69) is 24.9 Å². The number of rotatable bonds is 3. The van der Waals surface area contributed by atoms with Crippen LogP contribution in [0.1, 0.15) is 16.8 Å². The van der Waals surface area contributed by atoms with Gasteiger partial charge >= 0.3 is 51.0 Å². The summed E-state index contributed by atoms with van der Waals surface area (Å²) in [5.41, 5.74) is 3.08.